The Bertz CT molecular complexity index is 523. The van der Waals surface area contributed by atoms with Crippen molar-refractivity contribution in [3.63, 3.8) is 0 Å². The van der Waals surface area contributed by atoms with Gasteiger partial charge in [0.25, 0.3) is 0 Å². The molecule has 0 aliphatic rings. The van der Waals surface area contributed by atoms with E-state index in [1.165, 1.54) is 0 Å². The zero-order chi connectivity index (χ0) is 15.3. The molecule has 110 valence electrons. The summed E-state index contributed by atoms with van der Waals surface area (Å²) in [5.74, 6) is -2.85. The number of carbonyl (C=O) groups is 2. The first-order valence-corrected chi connectivity index (χ1v) is 7.35. The van der Waals surface area contributed by atoms with E-state index in [0.29, 0.717) is 15.8 Å². The number of thioether (sulfide) groups is 1. The lowest BCUT2D eigenvalue weighted by atomic mass is 10.0. The number of aliphatic carboxylic acids is 2. The molecule has 1 aromatic carbocycles. The van der Waals surface area contributed by atoms with Gasteiger partial charge in [-0.05, 0) is 17.7 Å². The highest BCUT2D eigenvalue weighted by molar-refractivity contribution is 7.98. The van der Waals surface area contributed by atoms with Crippen molar-refractivity contribution in [2.24, 2.45) is 0 Å². The summed E-state index contributed by atoms with van der Waals surface area (Å²) < 4.78 is 0. The Morgan fingerprint density at radius 1 is 1.25 bits per heavy atom. The molecule has 20 heavy (non-hydrogen) atoms. The molecule has 0 amide bonds. The Hall–Kier alpha value is -0.950. The zero-order valence-electron chi connectivity index (χ0n) is 10.2. The van der Waals surface area contributed by atoms with Gasteiger partial charge in [0, 0.05) is 21.6 Å². The van der Waals surface area contributed by atoms with E-state index in [2.05, 4.69) is 0 Å². The van der Waals surface area contributed by atoms with Gasteiger partial charge in [0.1, 0.15) is 0 Å². The van der Waals surface area contributed by atoms with Crippen molar-refractivity contribution in [2.45, 2.75) is 17.8 Å². The van der Waals surface area contributed by atoms with Gasteiger partial charge in [0.2, 0.25) is 0 Å². The van der Waals surface area contributed by atoms with Gasteiger partial charge >= 0.3 is 11.9 Å². The van der Waals surface area contributed by atoms with Crippen LogP contribution in [0.1, 0.15) is 12.0 Å². The largest absolute Gasteiger partial charge is 0.481 e. The fourth-order valence-electron chi connectivity index (χ4n) is 1.41. The molecule has 0 fully saturated rings. The van der Waals surface area contributed by atoms with Gasteiger partial charge in [-0.2, -0.15) is 11.8 Å². The number of rotatable bonds is 7. The van der Waals surface area contributed by atoms with E-state index in [9.17, 15) is 14.7 Å². The molecular weight excluding hydrogens is 327 g/mol. The molecule has 0 saturated carbocycles. The van der Waals surface area contributed by atoms with Gasteiger partial charge in [-0.15, -0.1) is 0 Å². The van der Waals surface area contributed by atoms with E-state index < -0.39 is 24.0 Å². The summed E-state index contributed by atoms with van der Waals surface area (Å²) in [6.45, 7) is 0. The standard InChI is InChI=1S/C12H12Cl2O5S/c13-8-2-1-7(9(14)3-8)5-20-6-12(19,11(17)18)4-10(15)16/h1-3,19H,4-6H2,(H,15,16)(H,17,18). The molecule has 0 bridgehead atoms. The number of hydrogen-bond donors (Lipinski definition) is 3. The van der Waals surface area contributed by atoms with Crippen molar-refractivity contribution in [1.82, 2.24) is 0 Å². The van der Waals surface area contributed by atoms with Gasteiger partial charge in [-0.25, -0.2) is 4.79 Å². The highest BCUT2D eigenvalue weighted by atomic mass is 35.5. The minimum absolute atomic E-state index is 0.256. The molecule has 0 spiro atoms. The van der Waals surface area contributed by atoms with Crippen molar-refractivity contribution >= 4 is 46.9 Å². The van der Waals surface area contributed by atoms with Gasteiger partial charge in [0.15, 0.2) is 5.60 Å². The number of carboxylic acids is 2. The van der Waals surface area contributed by atoms with Gasteiger partial charge < -0.3 is 15.3 Å². The second kappa shape index (κ2) is 7.17. The molecule has 0 saturated heterocycles. The predicted molar refractivity (Wildman–Crippen MR) is 77.5 cm³/mol. The Labute approximate surface area is 129 Å². The molecule has 1 atom stereocenters. The number of hydrogen-bond acceptors (Lipinski definition) is 4. The Morgan fingerprint density at radius 3 is 2.40 bits per heavy atom. The molecule has 0 aromatic heterocycles. The third-order valence-electron chi connectivity index (χ3n) is 2.46. The third-order valence-corrected chi connectivity index (χ3v) is 4.24. The maximum absolute atomic E-state index is 10.9. The summed E-state index contributed by atoms with van der Waals surface area (Å²) in [4.78, 5) is 21.5. The lowest BCUT2D eigenvalue weighted by Gasteiger charge is -2.20. The molecule has 3 N–H and O–H groups in total. The van der Waals surface area contributed by atoms with Crippen molar-refractivity contribution in [3.05, 3.63) is 33.8 Å². The van der Waals surface area contributed by atoms with Crippen LogP contribution in [0.15, 0.2) is 18.2 Å². The van der Waals surface area contributed by atoms with E-state index >= 15 is 0 Å². The maximum Gasteiger partial charge on any atom is 0.337 e. The van der Waals surface area contributed by atoms with Gasteiger partial charge in [-0.1, -0.05) is 29.3 Å². The molecule has 0 aliphatic carbocycles. The molecular formula is C12H12Cl2O5S. The van der Waals surface area contributed by atoms with Crippen molar-refractivity contribution < 1.29 is 24.9 Å². The first-order chi connectivity index (χ1) is 9.24. The molecule has 5 nitrogen and oxygen atoms in total. The highest BCUT2D eigenvalue weighted by Crippen LogP contribution is 2.27. The van der Waals surface area contributed by atoms with Crippen molar-refractivity contribution in [1.29, 1.82) is 0 Å². The minimum Gasteiger partial charge on any atom is -0.481 e. The summed E-state index contributed by atoms with van der Waals surface area (Å²) in [5.41, 5.74) is -1.57. The number of carboxylic acid groups (broad SMARTS) is 2. The van der Waals surface area contributed by atoms with E-state index in [1.807, 2.05) is 0 Å². The Morgan fingerprint density at radius 2 is 1.90 bits per heavy atom. The van der Waals surface area contributed by atoms with Crippen LogP contribution >= 0.6 is 35.0 Å². The van der Waals surface area contributed by atoms with Crippen LogP contribution in [0.3, 0.4) is 0 Å². The summed E-state index contributed by atoms with van der Waals surface area (Å²) in [6, 6.07) is 4.89. The van der Waals surface area contributed by atoms with Gasteiger partial charge in [-0.3, -0.25) is 4.79 Å². The fourth-order valence-corrected chi connectivity index (χ4v) is 3.10. The smallest absolute Gasteiger partial charge is 0.337 e. The van der Waals surface area contributed by atoms with Crippen LogP contribution in [-0.2, 0) is 15.3 Å². The Kier molecular flexibility index (Phi) is 6.13. The second-order valence-corrected chi connectivity index (χ2v) is 5.97. The van der Waals surface area contributed by atoms with Crippen LogP contribution < -0.4 is 0 Å². The zero-order valence-corrected chi connectivity index (χ0v) is 12.5. The van der Waals surface area contributed by atoms with Crippen LogP contribution in [0.25, 0.3) is 0 Å². The predicted octanol–water partition coefficient (Wildman–Crippen LogP) is 2.52. The first kappa shape index (κ1) is 17.1. The van der Waals surface area contributed by atoms with Crippen molar-refractivity contribution in [2.75, 3.05) is 5.75 Å². The van der Waals surface area contributed by atoms with E-state index in [0.717, 1.165) is 17.3 Å². The number of halogens is 2. The summed E-state index contributed by atoms with van der Waals surface area (Å²) >= 11 is 12.8. The van der Waals surface area contributed by atoms with Crippen LogP contribution in [0, 0.1) is 0 Å². The number of aliphatic hydroxyl groups is 1. The lowest BCUT2D eigenvalue weighted by Crippen LogP contribution is -2.43. The van der Waals surface area contributed by atoms with E-state index in [-0.39, 0.29) is 5.75 Å². The average molecular weight is 339 g/mol. The lowest BCUT2D eigenvalue weighted by molar-refractivity contribution is -0.162. The highest BCUT2D eigenvalue weighted by Gasteiger charge is 2.38. The average Bonchev–Trinajstić information content (AvgIpc) is 2.30. The fraction of sp³-hybridized carbons (Fsp3) is 0.333. The molecule has 1 unspecified atom stereocenters. The third kappa shape index (κ3) is 4.86. The molecule has 0 aliphatic heterocycles. The second-order valence-electron chi connectivity index (χ2n) is 4.14. The summed E-state index contributed by atoms with van der Waals surface area (Å²) in [6.07, 6.45) is -0.857. The number of benzene rings is 1. The van der Waals surface area contributed by atoms with E-state index in [1.54, 1.807) is 18.2 Å². The van der Waals surface area contributed by atoms with Crippen LogP contribution in [0.5, 0.6) is 0 Å². The summed E-state index contributed by atoms with van der Waals surface area (Å²) in [7, 11) is 0. The Balaban J connectivity index is 2.65. The van der Waals surface area contributed by atoms with E-state index in [4.69, 9.17) is 33.4 Å². The van der Waals surface area contributed by atoms with Crippen molar-refractivity contribution in [3.8, 4) is 0 Å². The molecule has 8 heteroatoms. The van der Waals surface area contributed by atoms with Crippen LogP contribution in [0.2, 0.25) is 10.0 Å². The van der Waals surface area contributed by atoms with Crippen LogP contribution in [-0.4, -0.2) is 38.6 Å². The molecule has 1 aromatic rings. The maximum atomic E-state index is 10.9. The summed E-state index contributed by atoms with van der Waals surface area (Å²) in [5, 5.41) is 28.2. The van der Waals surface area contributed by atoms with Gasteiger partial charge in [0.05, 0.1) is 6.42 Å². The normalized spacial score (nSPS) is 13.8. The monoisotopic (exact) mass is 338 g/mol. The molecule has 0 heterocycles. The quantitative estimate of drug-likeness (QED) is 0.707. The minimum atomic E-state index is -2.30. The molecule has 0 radical (unpaired) electrons. The SMILES string of the molecule is O=C(O)CC(O)(CSCc1ccc(Cl)cc1Cl)C(=O)O. The van der Waals surface area contributed by atoms with Crippen LogP contribution in [0.4, 0.5) is 0 Å². The topological polar surface area (TPSA) is 94.8 Å². The molecule has 1 rings (SSSR count). The first-order valence-electron chi connectivity index (χ1n) is 5.44.